The minimum absolute atomic E-state index is 0.188. The highest BCUT2D eigenvalue weighted by molar-refractivity contribution is 6.43. The Labute approximate surface area is 148 Å². The second-order valence-corrected chi connectivity index (χ2v) is 5.92. The second kappa shape index (κ2) is 7.83. The summed E-state index contributed by atoms with van der Waals surface area (Å²) in [4.78, 5) is 20.1. The van der Waals surface area contributed by atoms with Gasteiger partial charge in [0.25, 0.3) is 5.91 Å². The van der Waals surface area contributed by atoms with Crippen molar-refractivity contribution in [2.45, 2.75) is 26.4 Å². The molecule has 25 heavy (non-hydrogen) atoms. The molecule has 1 atom stereocenters. The van der Waals surface area contributed by atoms with Crippen molar-refractivity contribution in [3.05, 3.63) is 60.2 Å². The molecule has 0 saturated heterocycles. The highest BCUT2D eigenvalue weighted by Crippen LogP contribution is 2.27. The van der Waals surface area contributed by atoms with Crippen LogP contribution in [0.2, 0.25) is 0 Å². The summed E-state index contributed by atoms with van der Waals surface area (Å²) in [7, 11) is 0. The van der Waals surface area contributed by atoms with Gasteiger partial charge in [-0.15, -0.1) is 0 Å². The van der Waals surface area contributed by atoms with Crippen molar-refractivity contribution in [1.82, 2.24) is 0 Å². The second-order valence-electron chi connectivity index (χ2n) is 5.92. The lowest BCUT2D eigenvalue weighted by molar-refractivity contribution is -0.110. The van der Waals surface area contributed by atoms with Gasteiger partial charge in [0, 0.05) is 30.9 Å². The van der Waals surface area contributed by atoms with Crippen molar-refractivity contribution < 1.29 is 9.63 Å². The topological polar surface area (TPSA) is 53.9 Å². The molecule has 2 aromatic carbocycles. The van der Waals surface area contributed by atoms with Crippen LogP contribution in [0.1, 0.15) is 31.9 Å². The van der Waals surface area contributed by atoms with Gasteiger partial charge in [-0.3, -0.25) is 4.79 Å². The monoisotopic (exact) mass is 337 g/mol. The van der Waals surface area contributed by atoms with Crippen LogP contribution in [-0.2, 0) is 9.63 Å². The van der Waals surface area contributed by atoms with Gasteiger partial charge in [-0.25, -0.2) is 0 Å². The summed E-state index contributed by atoms with van der Waals surface area (Å²) in [6.45, 7) is 6.16. The lowest BCUT2D eigenvalue weighted by Crippen LogP contribution is -2.23. The van der Waals surface area contributed by atoms with E-state index >= 15 is 0 Å². The number of rotatable bonds is 6. The van der Waals surface area contributed by atoms with Gasteiger partial charge in [-0.05, 0) is 43.7 Å². The van der Waals surface area contributed by atoms with Gasteiger partial charge >= 0.3 is 0 Å². The van der Waals surface area contributed by atoms with Crippen LogP contribution in [0.25, 0.3) is 0 Å². The minimum atomic E-state index is -0.214. The van der Waals surface area contributed by atoms with E-state index in [2.05, 4.69) is 29.2 Å². The molecule has 0 radical (unpaired) electrons. The summed E-state index contributed by atoms with van der Waals surface area (Å²) < 4.78 is 0. The fraction of sp³-hybridized carbons (Fsp3) is 0.300. The summed E-state index contributed by atoms with van der Waals surface area (Å²) in [6, 6.07) is 17.7. The number of anilines is 2. The first-order valence-electron chi connectivity index (χ1n) is 8.65. The minimum Gasteiger partial charge on any atom is -0.387 e. The quantitative estimate of drug-likeness (QED) is 0.867. The van der Waals surface area contributed by atoms with E-state index in [1.807, 2.05) is 54.6 Å². The zero-order valence-corrected chi connectivity index (χ0v) is 14.6. The van der Waals surface area contributed by atoms with Gasteiger partial charge in [-0.1, -0.05) is 35.5 Å². The van der Waals surface area contributed by atoms with Crippen LogP contribution in [0.5, 0.6) is 0 Å². The molecule has 0 aliphatic carbocycles. The zero-order chi connectivity index (χ0) is 17.6. The Kier molecular flexibility index (Phi) is 5.33. The smallest absolute Gasteiger partial charge is 0.273 e. The first-order chi connectivity index (χ1) is 12.2. The van der Waals surface area contributed by atoms with Crippen LogP contribution in [0.3, 0.4) is 0 Å². The van der Waals surface area contributed by atoms with Gasteiger partial charge in [0.2, 0.25) is 0 Å². The maximum absolute atomic E-state index is 12.4. The third-order valence-corrected chi connectivity index (χ3v) is 4.36. The molecule has 5 heteroatoms. The molecule has 130 valence electrons. The summed E-state index contributed by atoms with van der Waals surface area (Å²) in [6.07, 6.45) is 0.292. The average molecular weight is 337 g/mol. The molecule has 2 aromatic rings. The van der Waals surface area contributed by atoms with Gasteiger partial charge in [0.1, 0.15) is 5.71 Å². The SMILES string of the molecule is CCN(CC)c1ccc(NC(=O)C2=NOC(c3ccccc3)C2)cc1. The molecule has 0 spiro atoms. The molecule has 0 saturated carbocycles. The van der Waals surface area contributed by atoms with E-state index in [9.17, 15) is 4.79 Å². The van der Waals surface area contributed by atoms with Crippen LogP contribution < -0.4 is 10.2 Å². The molecule has 1 aliphatic heterocycles. The first-order valence-corrected chi connectivity index (χ1v) is 8.65. The van der Waals surface area contributed by atoms with Crippen LogP contribution >= 0.6 is 0 Å². The van der Waals surface area contributed by atoms with Gasteiger partial charge in [0.15, 0.2) is 6.10 Å². The Hall–Kier alpha value is -2.82. The molecule has 1 heterocycles. The number of nitrogens with zero attached hydrogens (tertiary/aromatic N) is 2. The molecule has 0 aromatic heterocycles. The van der Waals surface area contributed by atoms with E-state index in [0.29, 0.717) is 12.1 Å². The maximum Gasteiger partial charge on any atom is 0.273 e. The van der Waals surface area contributed by atoms with Crippen molar-refractivity contribution in [1.29, 1.82) is 0 Å². The first kappa shape index (κ1) is 17.0. The molecule has 0 bridgehead atoms. The summed E-state index contributed by atoms with van der Waals surface area (Å²) in [5, 5.41) is 6.85. The fourth-order valence-corrected chi connectivity index (χ4v) is 2.91. The van der Waals surface area contributed by atoms with Crippen molar-refractivity contribution in [2.75, 3.05) is 23.3 Å². The Bertz CT molecular complexity index is 737. The normalized spacial score (nSPS) is 16.1. The standard InChI is InChI=1S/C20H23N3O2/c1-3-23(4-2)17-12-10-16(11-13-17)21-20(24)18-14-19(25-22-18)15-8-6-5-7-9-15/h5-13,19H,3-4,14H2,1-2H3,(H,21,24). The van der Waals surface area contributed by atoms with E-state index in [1.54, 1.807) is 0 Å². The lowest BCUT2D eigenvalue weighted by Gasteiger charge is -2.21. The van der Waals surface area contributed by atoms with Crippen LogP contribution in [0.4, 0.5) is 11.4 Å². The van der Waals surface area contributed by atoms with Crippen LogP contribution in [-0.4, -0.2) is 24.7 Å². The molecule has 1 N–H and O–H groups in total. The molecular formula is C20H23N3O2. The molecule has 1 aliphatic rings. The summed E-state index contributed by atoms with van der Waals surface area (Å²) >= 11 is 0. The van der Waals surface area contributed by atoms with Crippen LogP contribution in [0.15, 0.2) is 59.8 Å². The number of hydrogen-bond donors (Lipinski definition) is 1. The number of amides is 1. The number of nitrogens with one attached hydrogen (secondary N) is 1. The molecular weight excluding hydrogens is 314 g/mol. The van der Waals surface area contributed by atoms with E-state index < -0.39 is 0 Å². The molecule has 0 fully saturated rings. The number of carbonyl (C=O) groups is 1. The Balaban J connectivity index is 1.59. The molecule has 1 amide bonds. The number of hydrogen-bond acceptors (Lipinski definition) is 4. The van der Waals surface area contributed by atoms with Crippen molar-refractivity contribution in [3.63, 3.8) is 0 Å². The Morgan fingerprint density at radius 3 is 2.44 bits per heavy atom. The number of benzene rings is 2. The number of oxime groups is 1. The van der Waals surface area contributed by atoms with E-state index in [0.717, 1.165) is 30.0 Å². The van der Waals surface area contributed by atoms with Gasteiger partial charge < -0.3 is 15.1 Å². The van der Waals surface area contributed by atoms with Crippen molar-refractivity contribution in [3.8, 4) is 0 Å². The molecule has 3 rings (SSSR count). The highest BCUT2D eigenvalue weighted by atomic mass is 16.6. The van der Waals surface area contributed by atoms with E-state index in [1.165, 1.54) is 0 Å². The Morgan fingerprint density at radius 1 is 1.12 bits per heavy atom. The van der Waals surface area contributed by atoms with E-state index in [-0.39, 0.29) is 12.0 Å². The van der Waals surface area contributed by atoms with Crippen molar-refractivity contribution >= 4 is 23.0 Å². The van der Waals surface area contributed by atoms with E-state index in [4.69, 9.17) is 4.84 Å². The van der Waals surface area contributed by atoms with Crippen LogP contribution in [0, 0.1) is 0 Å². The average Bonchev–Trinajstić information content (AvgIpc) is 3.15. The fourth-order valence-electron chi connectivity index (χ4n) is 2.91. The lowest BCUT2D eigenvalue weighted by atomic mass is 10.0. The zero-order valence-electron chi connectivity index (χ0n) is 14.6. The Morgan fingerprint density at radius 2 is 1.80 bits per heavy atom. The summed E-state index contributed by atoms with van der Waals surface area (Å²) in [5.41, 5.74) is 3.35. The predicted molar refractivity (Wildman–Crippen MR) is 101 cm³/mol. The predicted octanol–water partition coefficient (Wildman–Crippen LogP) is 3.99. The highest BCUT2D eigenvalue weighted by Gasteiger charge is 2.27. The third-order valence-electron chi connectivity index (χ3n) is 4.36. The molecule has 1 unspecified atom stereocenters. The summed E-state index contributed by atoms with van der Waals surface area (Å²) in [5.74, 6) is -0.214. The van der Waals surface area contributed by atoms with Gasteiger partial charge in [0.05, 0.1) is 0 Å². The third kappa shape index (κ3) is 3.99. The number of carbonyl (C=O) groups excluding carboxylic acids is 1. The van der Waals surface area contributed by atoms with Gasteiger partial charge in [-0.2, -0.15) is 0 Å². The largest absolute Gasteiger partial charge is 0.387 e. The molecule has 5 nitrogen and oxygen atoms in total. The maximum atomic E-state index is 12.4. The van der Waals surface area contributed by atoms with Crippen molar-refractivity contribution in [2.24, 2.45) is 5.16 Å².